The van der Waals surface area contributed by atoms with Gasteiger partial charge in [-0.1, -0.05) is 64.1 Å². The number of hydrogen-bond donors (Lipinski definition) is 8. The fraction of sp³-hybridized carbons (Fsp3) is 0.414. The zero-order chi connectivity index (χ0) is 58.4. The van der Waals surface area contributed by atoms with Crippen LogP contribution in [0.3, 0.4) is 0 Å². The van der Waals surface area contributed by atoms with Gasteiger partial charge < -0.3 is 71.8 Å². The van der Waals surface area contributed by atoms with Crippen LogP contribution < -0.4 is 62.3 Å². The van der Waals surface area contributed by atoms with Crippen molar-refractivity contribution in [1.29, 1.82) is 0 Å². The molecule has 24 heteroatoms. The topological polar surface area (TPSA) is 325 Å². The third kappa shape index (κ3) is 17.4. The average Bonchev–Trinajstić information content (AvgIpc) is 3.60. The number of benzene rings is 4. The fourth-order valence-electron chi connectivity index (χ4n) is 8.91. The SMILES string of the molecule is CCCOc1c2cccc1Cc1cc(Nc3nc(N)nc(NCC(=O)NCC(=O)OCC)n3)cc(c1OCCC)Cc1cccc(c1OCCC)Cc1cc(Nc3nc(N)nc(NCC(=O)NCC(=O)OCC)n3)cc(c1OCCC)C2. The highest BCUT2D eigenvalue weighted by molar-refractivity contribution is 5.85. The number of rotatable bonds is 28. The molecule has 7 rings (SSSR count). The predicted molar refractivity (Wildman–Crippen MR) is 311 cm³/mol. The van der Waals surface area contributed by atoms with Crippen LogP contribution in [0.25, 0.3) is 0 Å². The summed E-state index contributed by atoms with van der Waals surface area (Å²) in [5.41, 5.74) is 20.8. The minimum Gasteiger partial charge on any atom is -0.493 e. The number of nitrogen functional groups attached to an aromatic ring is 2. The molecule has 0 atom stereocenters. The maximum absolute atomic E-state index is 12.6. The molecule has 4 aromatic carbocycles. The number of carbonyl (C=O) groups is 4. The van der Waals surface area contributed by atoms with Crippen molar-refractivity contribution in [3.05, 3.63) is 105 Å². The van der Waals surface area contributed by atoms with Gasteiger partial charge in [-0.25, -0.2) is 0 Å². The number of fused-ring (bicyclic) bond motifs is 8. The van der Waals surface area contributed by atoms with Crippen molar-refractivity contribution in [1.82, 2.24) is 40.5 Å². The molecule has 0 unspecified atom stereocenters. The minimum absolute atomic E-state index is 0.0386. The summed E-state index contributed by atoms with van der Waals surface area (Å²) in [6, 6.07) is 20.3. The maximum Gasteiger partial charge on any atom is 0.325 e. The molecule has 436 valence electrons. The summed E-state index contributed by atoms with van der Waals surface area (Å²) in [5.74, 6) is 0.924. The molecule has 2 aromatic heterocycles. The van der Waals surface area contributed by atoms with Crippen LogP contribution in [0.1, 0.15) is 112 Å². The van der Waals surface area contributed by atoms with Crippen LogP contribution in [-0.2, 0) is 54.3 Å². The molecule has 0 saturated heterocycles. The summed E-state index contributed by atoms with van der Waals surface area (Å²) >= 11 is 0. The molecule has 0 aliphatic heterocycles. The Morgan fingerprint density at radius 3 is 1.04 bits per heavy atom. The summed E-state index contributed by atoms with van der Waals surface area (Å²) < 4.78 is 36.9. The molecule has 2 amide bonds. The lowest BCUT2D eigenvalue weighted by Gasteiger charge is -2.24. The number of nitrogens with one attached hydrogen (secondary N) is 6. The number of aromatic nitrogens is 6. The second kappa shape index (κ2) is 30.4. The van der Waals surface area contributed by atoms with Gasteiger partial charge in [0.2, 0.25) is 47.5 Å². The normalized spacial score (nSPS) is 11.6. The zero-order valence-electron chi connectivity index (χ0n) is 47.4. The zero-order valence-corrected chi connectivity index (χ0v) is 47.4. The van der Waals surface area contributed by atoms with Crippen molar-refractivity contribution < 1.29 is 47.6 Å². The Balaban J connectivity index is 1.34. The first-order chi connectivity index (χ1) is 39.8. The van der Waals surface area contributed by atoms with Gasteiger partial charge in [-0.3, -0.25) is 19.2 Å². The quantitative estimate of drug-likeness (QED) is 0.0236. The van der Waals surface area contributed by atoms with Crippen LogP contribution in [0.15, 0.2) is 60.7 Å². The second-order valence-electron chi connectivity index (χ2n) is 19.0. The number of nitrogens with two attached hydrogens (primary N) is 2. The number of amides is 2. The standard InChI is InChI=1S/C58H74N14O10/c1-7-19-79-49-35-15-13-16-36(49)24-40-28-44(66-58-70-54(60)68-56(72-58)64-32-46(74)62-34-48(76)78-12-6)30-42(52(40)82-22-10-4)26-38-18-14-17-37(50(38)80-20-8-2)25-41-29-43(27-39(23-35)51(41)81-21-9-3)65-57-69-53(59)67-55(71-57)63-31-45(73)61-33-47(75)77-11-5/h13-18,27-30H,7-12,19-26,31-34H2,1-6H3,(H,61,73)(H,62,74)(H4,59,63,65,67,69,71)(H4,60,64,66,68,70,72). The van der Waals surface area contributed by atoms with E-state index in [0.29, 0.717) is 63.5 Å². The van der Waals surface area contributed by atoms with Crippen molar-refractivity contribution in [2.45, 2.75) is 92.9 Å². The second-order valence-corrected chi connectivity index (χ2v) is 19.0. The van der Waals surface area contributed by atoms with Gasteiger partial charge >= 0.3 is 11.9 Å². The highest BCUT2D eigenvalue weighted by Gasteiger charge is 2.24. The van der Waals surface area contributed by atoms with Crippen molar-refractivity contribution in [3.63, 3.8) is 0 Å². The van der Waals surface area contributed by atoms with Crippen LogP contribution in [0.5, 0.6) is 23.0 Å². The van der Waals surface area contributed by atoms with Crippen molar-refractivity contribution >= 4 is 70.8 Å². The Morgan fingerprint density at radius 2 is 0.732 bits per heavy atom. The average molecular weight is 1130 g/mol. The number of para-hydroxylation sites is 2. The molecule has 10 N–H and O–H groups in total. The third-order valence-electron chi connectivity index (χ3n) is 12.3. The predicted octanol–water partition coefficient (Wildman–Crippen LogP) is 6.72. The summed E-state index contributed by atoms with van der Waals surface area (Å²) in [6.45, 7) is 12.8. The number of nitrogens with zero attached hydrogens (tertiary/aromatic N) is 6. The Hall–Kier alpha value is -9.22. The Labute approximate surface area is 477 Å². The molecule has 1 aliphatic carbocycles. The van der Waals surface area contributed by atoms with Crippen LogP contribution in [-0.4, -0.2) is 119 Å². The lowest BCUT2D eigenvalue weighted by atomic mass is 9.90. The highest BCUT2D eigenvalue weighted by Crippen LogP contribution is 2.42. The van der Waals surface area contributed by atoms with Gasteiger partial charge in [0.05, 0.1) is 52.7 Å². The summed E-state index contributed by atoms with van der Waals surface area (Å²) in [7, 11) is 0. The number of carbonyl (C=O) groups excluding carboxylic acids is 4. The molecular formula is C58H74N14O10. The molecule has 8 bridgehead atoms. The van der Waals surface area contributed by atoms with Gasteiger partial charge in [-0.05, 0) is 86.1 Å². The smallest absolute Gasteiger partial charge is 0.325 e. The molecule has 0 spiro atoms. The van der Waals surface area contributed by atoms with Gasteiger partial charge in [-0.15, -0.1) is 0 Å². The van der Waals surface area contributed by atoms with Gasteiger partial charge in [0.1, 0.15) is 36.1 Å². The first kappa shape index (κ1) is 60.4. The molecule has 0 radical (unpaired) electrons. The number of esters is 2. The van der Waals surface area contributed by atoms with Crippen molar-refractivity contribution in [2.24, 2.45) is 0 Å². The number of ether oxygens (including phenoxy) is 6. The molecule has 1 aliphatic rings. The van der Waals surface area contributed by atoms with Gasteiger partial charge in [-0.2, -0.15) is 29.9 Å². The lowest BCUT2D eigenvalue weighted by molar-refractivity contribution is -0.143. The first-order valence-electron chi connectivity index (χ1n) is 27.7. The molecule has 2 heterocycles. The fourth-order valence-corrected chi connectivity index (χ4v) is 8.91. The number of hydrogen-bond acceptors (Lipinski definition) is 22. The highest BCUT2D eigenvalue weighted by atomic mass is 16.5. The monoisotopic (exact) mass is 1130 g/mol. The van der Waals surface area contributed by atoms with E-state index in [9.17, 15) is 19.2 Å². The third-order valence-corrected chi connectivity index (χ3v) is 12.3. The van der Waals surface area contributed by atoms with Crippen molar-refractivity contribution in [3.8, 4) is 23.0 Å². The summed E-state index contributed by atoms with van der Waals surface area (Å²) in [6.07, 6.45) is 4.57. The Kier molecular flexibility index (Phi) is 22.4. The van der Waals surface area contributed by atoms with Crippen LogP contribution >= 0.6 is 0 Å². The van der Waals surface area contributed by atoms with Gasteiger partial charge in [0.25, 0.3) is 0 Å². The molecule has 0 fully saturated rings. The summed E-state index contributed by atoms with van der Waals surface area (Å²) in [4.78, 5) is 75.3. The van der Waals surface area contributed by atoms with E-state index in [4.69, 9.17) is 39.9 Å². The molecule has 82 heavy (non-hydrogen) atoms. The Morgan fingerprint density at radius 1 is 0.427 bits per heavy atom. The minimum atomic E-state index is -0.557. The van der Waals surface area contributed by atoms with E-state index < -0.39 is 23.8 Å². The Bertz CT molecular complexity index is 2880. The van der Waals surface area contributed by atoms with Crippen LogP contribution in [0.2, 0.25) is 0 Å². The summed E-state index contributed by atoms with van der Waals surface area (Å²) in [5, 5.41) is 17.5. The molecule has 24 nitrogen and oxygen atoms in total. The van der Waals surface area contributed by atoms with E-state index in [2.05, 4.69) is 114 Å². The van der Waals surface area contributed by atoms with Crippen LogP contribution in [0.4, 0.5) is 47.1 Å². The van der Waals surface area contributed by atoms with Gasteiger partial charge in [0, 0.05) is 59.3 Å². The van der Waals surface area contributed by atoms with E-state index in [-0.39, 0.29) is 75.1 Å². The van der Waals surface area contributed by atoms with E-state index in [1.165, 1.54) is 0 Å². The van der Waals surface area contributed by atoms with E-state index in [1.54, 1.807) is 13.8 Å². The number of anilines is 8. The van der Waals surface area contributed by atoms with E-state index >= 15 is 0 Å². The van der Waals surface area contributed by atoms with E-state index in [0.717, 1.165) is 93.2 Å². The maximum atomic E-state index is 12.6. The first-order valence-corrected chi connectivity index (χ1v) is 27.7. The molecular weight excluding hydrogens is 1050 g/mol. The lowest BCUT2D eigenvalue weighted by Crippen LogP contribution is -2.35. The largest absolute Gasteiger partial charge is 0.493 e. The molecule has 0 saturated carbocycles. The van der Waals surface area contributed by atoms with E-state index in [1.807, 2.05) is 36.4 Å². The molecule has 6 aromatic rings. The van der Waals surface area contributed by atoms with Gasteiger partial charge in [0.15, 0.2) is 0 Å². The van der Waals surface area contributed by atoms with Crippen molar-refractivity contribution in [2.75, 3.05) is 98.6 Å². The van der Waals surface area contributed by atoms with Crippen LogP contribution in [0, 0.1) is 0 Å².